The number of methoxy groups -OCH3 is 3. The third kappa shape index (κ3) is 7.68. The predicted molar refractivity (Wildman–Crippen MR) is 184 cm³/mol. The molecule has 5 aromatic rings. The van der Waals surface area contributed by atoms with Gasteiger partial charge >= 0.3 is 0 Å². The van der Waals surface area contributed by atoms with Crippen molar-refractivity contribution in [1.29, 1.82) is 0 Å². The maximum Gasteiger partial charge on any atom is 0.244 e. The van der Waals surface area contributed by atoms with E-state index in [2.05, 4.69) is 10.3 Å². The number of nitrogens with one attached hydrogen (secondary N) is 1. The number of anilines is 1. The number of benzene rings is 4. The fraction of sp³-hybridized carbons (Fsp3) is 0.222. The second-order valence-corrected chi connectivity index (χ2v) is 13.1. The molecule has 0 saturated heterocycles. The number of hydrogen-bond acceptors (Lipinski definition) is 7. The van der Waals surface area contributed by atoms with Crippen molar-refractivity contribution < 1.29 is 27.4 Å². The summed E-state index contributed by atoms with van der Waals surface area (Å²) in [5.41, 5.74) is 3.44. The standard InChI is InChI=1S/C36H36ClN3O6S/c1-5-26-7-6-8-27(35(26)37)19-34(41)39-28-20-32-31(17-18-38-36(32)46-4)33(21-28)47(42,43)40(22-24-9-13-29(44-2)14-10-24)23-25-11-15-30(45-3)16-12-25/h6-18,20-21H,5,19,22-23H2,1-4H3,(H,39,41). The molecule has 11 heteroatoms. The molecule has 0 unspecified atom stereocenters. The second kappa shape index (κ2) is 14.8. The van der Waals surface area contributed by atoms with Gasteiger partial charge in [-0.15, -0.1) is 0 Å². The van der Waals surface area contributed by atoms with Crippen molar-refractivity contribution in [3.05, 3.63) is 118 Å². The smallest absolute Gasteiger partial charge is 0.244 e. The Balaban J connectivity index is 1.57. The van der Waals surface area contributed by atoms with Crippen LogP contribution < -0.4 is 19.5 Å². The topological polar surface area (TPSA) is 107 Å². The normalized spacial score (nSPS) is 11.4. The van der Waals surface area contributed by atoms with Crippen LogP contribution in [0.3, 0.4) is 0 Å². The summed E-state index contributed by atoms with van der Waals surface area (Å²) >= 11 is 6.56. The molecule has 1 heterocycles. The van der Waals surface area contributed by atoms with E-state index in [1.165, 1.54) is 23.7 Å². The number of halogens is 1. The van der Waals surface area contributed by atoms with Gasteiger partial charge < -0.3 is 19.5 Å². The van der Waals surface area contributed by atoms with Crippen LogP contribution in [0.2, 0.25) is 5.02 Å². The van der Waals surface area contributed by atoms with Crippen LogP contribution >= 0.6 is 11.6 Å². The van der Waals surface area contributed by atoms with E-state index in [0.717, 1.165) is 23.1 Å². The summed E-state index contributed by atoms with van der Waals surface area (Å²) in [5.74, 6) is 1.20. The first-order valence-corrected chi connectivity index (χ1v) is 16.8. The average molecular weight is 674 g/mol. The monoisotopic (exact) mass is 673 g/mol. The van der Waals surface area contributed by atoms with E-state index < -0.39 is 10.0 Å². The number of ether oxygens (including phenoxy) is 3. The molecule has 0 aliphatic heterocycles. The molecule has 5 rings (SSSR count). The summed E-state index contributed by atoms with van der Waals surface area (Å²) in [4.78, 5) is 17.6. The van der Waals surface area contributed by atoms with Crippen molar-refractivity contribution in [2.45, 2.75) is 37.8 Å². The first kappa shape index (κ1) is 33.7. The zero-order chi connectivity index (χ0) is 33.6. The lowest BCUT2D eigenvalue weighted by Crippen LogP contribution is -2.30. The molecule has 0 saturated carbocycles. The number of sulfonamides is 1. The molecule has 244 valence electrons. The highest BCUT2D eigenvalue weighted by molar-refractivity contribution is 7.89. The van der Waals surface area contributed by atoms with Crippen LogP contribution in [0.5, 0.6) is 17.4 Å². The molecule has 1 amide bonds. The fourth-order valence-corrected chi connectivity index (χ4v) is 7.30. The van der Waals surface area contributed by atoms with E-state index in [0.29, 0.717) is 32.9 Å². The number of fused-ring (bicyclic) bond motifs is 1. The van der Waals surface area contributed by atoms with Gasteiger partial charge in [0.15, 0.2) is 0 Å². The first-order valence-electron chi connectivity index (χ1n) is 15.0. The highest BCUT2D eigenvalue weighted by atomic mass is 35.5. The minimum Gasteiger partial charge on any atom is -0.497 e. The molecule has 47 heavy (non-hydrogen) atoms. The Hall–Kier alpha value is -4.64. The van der Waals surface area contributed by atoms with Crippen molar-refractivity contribution in [2.24, 2.45) is 0 Å². The molecular weight excluding hydrogens is 638 g/mol. The number of carbonyl (C=O) groups is 1. The Labute approximate surface area is 280 Å². The lowest BCUT2D eigenvalue weighted by molar-refractivity contribution is -0.115. The quantitative estimate of drug-likeness (QED) is 0.143. The van der Waals surface area contributed by atoms with E-state index in [9.17, 15) is 13.2 Å². The summed E-state index contributed by atoms with van der Waals surface area (Å²) in [5, 5.41) is 4.27. The molecule has 0 spiro atoms. The van der Waals surface area contributed by atoms with E-state index in [4.69, 9.17) is 25.8 Å². The Morgan fingerprint density at radius 1 is 0.809 bits per heavy atom. The van der Waals surface area contributed by atoms with E-state index in [-0.39, 0.29) is 41.9 Å². The summed E-state index contributed by atoms with van der Waals surface area (Å²) in [7, 11) is 0.415. The maximum atomic E-state index is 14.7. The number of nitrogens with zero attached hydrogens (tertiary/aromatic N) is 2. The number of amides is 1. The fourth-order valence-electron chi connectivity index (χ4n) is 5.33. The predicted octanol–water partition coefficient (Wildman–Crippen LogP) is 7.05. The van der Waals surface area contributed by atoms with Gasteiger partial charge in [0.05, 0.1) is 32.6 Å². The lowest BCUT2D eigenvalue weighted by atomic mass is 10.1. The highest BCUT2D eigenvalue weighted by Gasteiger charge is 2.29. The number of carbonyl (C=O) groups excluding carboxylic acids is 1. The number of aryl methyl sites for hydroxylation is 1. The van der Waals surface area contributed by atoms with E-state index in [1.54, 1.807) is 56.7 Å². The van der Waals surface area contributed by atoms with E-state index in [1.807, 2.05) is 43.3 Å². The zero-order valence-electron chi connectivity index (χ0n) is 26.6. The van der Waals surface area contributed by atoms with Crippen molar-refractivity contribution in [2.75, 3.05) is 26.6 Å². The molecule has 0 aliphatic rings. The SMILES string of the molecule is CCc1cccc(CC(=O)Nc2cc(S(=O)(=O)N(Cc3ccc(OC)cc3)Cc3ccc(OC)cc3)c3ccnc(OC)c3c2)c1Cl. The van der Waals surface area contributed by atoms with Gasteiger partial charge in [-0.25, -0.2) is 13.4 Å². The lowest BCUT2D eigenvalue weighted by Gasteiger charge is -2.24. The van der Waals surface area contributed by atoms with Gasteiger partial charge in [0, 0.05) is 40.8 Å². The molecule has 0 aliphatic carbocycles. The minimum atomic E-state index is -4.20. The molecule has 0 fully saturated rings. The zero-order valence-corrected chi connectivity index (χ0v) is 28.2. The Morgan fingerprint density at radius 3 is 1.96 bits per heavy atom. The van der Waals surface area contributed by atoms with Gasteiger partial charge in [-0.3, -0.25) is 4.79 Å². The Morgan fingerprint density at radius 2 is 1.40 bits per heavy atom. The largest absolute Gasteiger partial charge is 0.497 e. The summed E-state index contributed by atoms with van der Waals surface area (Å²) in [6, 6.07) is 24.8. The van der Waals surface area contributed by atoms with Crippen molar-refractivity contribution in [3.63, 3.8) is 0 Å². The molecule has 4 aromatic carbocycles. The van der Waals surface area contributed by atoms with Gasteiger partial charge in [0.1, 0.15) is 11.5 Å². The molecule has 0 radical (unpaired) electrons. The van der Waals surface area contributed by atoms with Crippen LogP contribution in [0.4, 0.5) is 5.69 Å². The third-order valence-corrected chi connectivity index (χ3v) is 10.1. The number of pyridine rings is 1. The second-order valence-electron chi connectivity index (χ2n) is 10.8. The van der Waals surface area contributed by atoms with Crippen LogP contribution in [-0.2, 0) is 40.7 Å². The van der Waals surface area contributed by atoms with Gasteiger partial charge in [-0.1, -0.05) is 61.0 Å². The van der Waals surface area contributed by atoms with Crippen LogP contribution in [0.1, 0.15) is 29.2 Å². The highest BCUT2D eigenvalue weighted by Crippen LogP contribution is 2.35. The molecule has 9 nitrogen and oxygen atoms in total. The summed E-state index contributed by atoms with van der Waals surface area (Å²) < 4.78 is 47.0. The Bertz CT molecular complexity index is 1930. The molecule has 0 atom stereocenters. The first-order chi connectivity index (χ1) is 22.7. The van der Waals surface area contributed by atoms with Crippen LogP contribution in [0.25, 0.3) is 10.8 Å². The average Bonchev–Trinajstić information content (AvgIpc) is 3.08. The molecular formula is C36H36ClN3O6S. The summed E-state index contributed by atoms with van der Waals surface area (Å²) in [6.07, 6.45) is 2.24. The van der Waals surface area contributed by atoms with Crippen molar-refractivity contribution >= 4 is 44.0 Å². The number of aromatic nitrogens is 1. The van der Waals surface area contributed by atoms with Crippen molar-refractivity contribution in [1.82, 2.24) is 9.29 Å². The van der Waals surface area contributed by atoms with Crippen LogP contribution in [0, 0.1) is 0 Å². The van der Waals surface area contributed by atoms with Gasteiger partial charge in [0.25, 0.3) is 0 Å². The molecule has 1 N–H and O–H groups in total. The third-order valence-electron chi connectivity index (χ3n) is 7.83. The van der Waals surface area contributed by atoms with Gasteiger partial charge in [-0.05, 0) is 71.1 Å². The van der Waals surface area contributed by atoms with Gasteiger partial charge in [0.2, 0.25) is 21.8 Å². The summed E-state index contributed by atoms with van der Waals surface area (Å²) in [6.45, 7) is 2.14. The molecule has 1 aromatic heterocycles. The van der Waals surface area contributed by atoms with E-state index >= 15 is 0 Å². The number of hydrogen-bond donors (Lipinski definition) is 1. The maximum absolute atomic E-state index is 14.7. The minimum absolute atomic E-state index is 0.000892. The number of rotatable bonds is 13. The molecule has 0 bridgehead atoms. The van der Waals surface area contributed by atoms with Crippen LogP contribution in [0.15, 0.2) is 96.0 Å². The Kier molecular flexibility index (Phi) is 10.7. The van der Waals surface area contributed by atoms with Crippen LogP contribution in [-0.4, -0.2) is 44.9 Å². The van der Waals surface area contributed by atoms with Crippen molar-refractivity contribution in [3.8, 4) is 17.4 Å². The van der Waals surface area contributed by atoms with Gasteiger partial charge in [-0.2, -0.15) is 4.31 Å².